The van der Waals surface area contributed by atoms with Crippen molar-refractivity contribution in [3.8, 4) is 0 Å². The monoisotopic (exact) mass is 575 g/mol. The first-order valence-corrected chi connectivity index (χ1v) is 14.3. The van der Waals surface area contributed by atoms with Crippen LogP contribution < -0.4 is 9.62 Å². The van der Waals surface area contributed by atoms with Crippen LogP contribution in [0.4, 0.5) is 5.69 Å². The van der Waals surface area contributed by atoms with Gasteiger partial charge in [0.2, 0.25) is 11.8 Å². The zero-order valence-electron chi connectivity index (χ0n) is 21.7. The SMILES string of the molecule is Cc1ccccc1CN(C(=O)CN(c1cc(Cl)cc(Cl)c1)S(=O)(=O)c1ccccc1)[C@H](C)C(=O)NC(C)C. The molecule has 0 saturated heterocycles. The molecule has 0 aromatic heterocycles. The minimum absolute atomic E-state index is 0.0000453. The summed E-state index contributed by atoms with van der Waals surface area (Å²) in [5.74, 6) is -0.902. The topological polar surface area (TPSA) is 86.8 Å². The van der Waals surface area contributed by atoms with Gasteiger partial charge in [0.25, 0.3) is 10.0 Å². The van der Waals surface area contributed by atoms with Gasteiger partial charge in [0.15, 0.2) is 0 Å². The summed E-state index contributed by atoms with van der Waals surface area (Å²) in [6.45, 7) is 6.74. The lowest BCUT2D eigenvalue weighted by atomic mass is 10.1. The minimum Gasteiger partial charge on any atom is -0.352 e. The van der Waals surface area contributed by atoms with Crippen LogP contribution >= 0.6 is 23.2 Å². The Morgan fingerprint density at radius 1 is 0.895 bits per heavy atom. The van der Waals surface area contributed by atoms with Crippen molar-refractivity contribution in [2.24, 2.45) is 0 Å². The molecule has 0 fully saturated rings. The van der Waals surface area contributed by atoms with E-state index >= 15 is 0 Å². The van der Waals surface area contributed by atoms with Crippen molar-refractivity contribution in [2.45, 2.75) is 51.2 Å². The normalized spacial score (nSPS) is 12.2. The molecule has 3 aromatic carbocycles. The van der Waals surface area contributed by atoms with Gasteiger partial charge in [-0.2, -0.15) is 0 Å². The zero-order valence-corrected chi connectivity index (χ0v) is 24.0. The summed E-state index contributed by atoms with van der Waals surface area (Å²) in [6.07, 6.45) is 0. The van der Waals surface area contributed by atoms with Crippen LogP contribution in [0.25, 0.3) is 0 Å². The first-order chi connectivity index (χ1) is 17.9. The Balaban J connectivity index is 2.07. The number of hydrogen-bond acceptors (Lipinski definition) is 4. The largest absolute Gasteiger partial charge is 0.352 e. The van der Waals surface area contributed by atoms with Crippen LogP contribution in [-0.2, 0) is 26.2 Å². The highest BCUT2D eigenvalue weighted by atomic mass is 35.5. The van der Waals surface area contributed by atoms with E-state index in [1.165, 1.54) is 35.2 Å². The molecule has 0 aliphatic heterocycles. The highest BCUT2D eigenvalue weighted by Crippen LogP contribution is 2.30. The quantitative estimate of drug-likeness (QED) is 0.348. The molecule has 0 saturated carbocycles. The molecule has 0 bridgehead atoms. The van der Waals surface area contributed by atoms with E-state index in [4.69, 9.17) is 23.2 Å². The maximum atomic E-state index is 13.9. The molecule has 1 atom stereocenters. The summed E-state index contributed by atoms with van der Waals surface area (Å²) in [5.41, 5.74) is 1.92. The predicted molar refractivity (Wildman–Crippen MR) is 152 cm³/mol. The van der Waals surface area contributed by atoms with E-state index in [9.17, 15) is 18.0 Å². The highest BCUT2D eigenvalue weighted by molar-refractivity contribution is 7.92. The van der Waals surface area contributed by atoms with Crippen molar-refractivity contribution >= 4 is 50.7 Å². The van der Waals surface area contributed by atoms with Gasteiger partial charge in [-0.3, -0.25) is 13.9 Å². The van der Waals surface area contributed by atoms with Crippen LogP contribution in [0.5, 0.6) is 0 Å². The Bertz CT molecular complexity index is 1380. The standard InChI is InChI=1S/C28H31Cl2N3O4S/c1-19(2)31-28(35)21(4)32(17-22-11-9-8-10-20(22)3)27(34)18-33(25-15-23(29)14-24(30)16-25)38(36,37)26-12-6-5-7-13-26/h5-16,19,21H,17-18H2,1-4H3,(H,31,35)/t21-/m1/s1. The summed E-state index contributed by atoms with van der Waals surface area (Å²) >= 11 is 12.4. The molecule has 0 aliphatic rings. The predicted octanol–water partition coefficient (Wildman–Crippen LogP) is 5.44. The number of carbonyl (C=O) groups is 2. The Morgan fingerprint density at radius 2 is 1.47 bits per heavy atom. The second kappa shape index (κ2) is 12.7. The van der Waals surface area contributed by atoms with Crippen LogP contribution in [0.15, 0.2) is 77.7 Å². The number of aryl methyl sites for hydroxylation is 1. The maximum absolute atomic E-state index is 13.9. The third kappa shape index (κ3) is 7.28. The Morgan fingerprint density at radius 3 is 2.05 bits per heavy atom. The molecular formula is C28H31Cl2N3O4S. The summed E-state index contributed by atoms with van der Waals surface area (Å²) in [6, 6.07) is 18.7. The number of carbonyl (C=O) groups excluding carboxylic acids is 2. The van der Waals surface area contributed by atoms with E-state index < -0.39 is 28.5 Å². The van der Waals surface area contributed by atoms with E-state index in [-0.39, 0.29) is 39.1 Å². The summed E-state index contributed by atoms with van der Waals surface area (Å²) in [4.78, 5) is 28.3. The van der Waals surface area contributed by atoms with Crippen LogP contribution in [-0.4, -0.2) is 43.8 Å². The van der Waals surface area contributed by atoms with Gasteiger partial charge >= 0.3 is 0 Å². The van der Waals surface area contributed by atoms with Crippen molar-refractivity contribution in [2.75, 3.05) is 10.8 Å². The van der Waals surface area contributed by atoms with E-state index in [0.29, 0.717) is 0 Å². The molecule has 0 heterocycles. The second-order valence-electron chi connectivity index (χ2n) is 9.24. The molecule has 0 radical (unpaired) electrons. The van der Waals surface area contributed by atoms with Crippen LogP contribution in [0.2, 0.25) is 10.0 Å². The van der Waals surface area contributed by atoms with Gasteiger partial charge in [-0.1, -0.05) is 65.7 Å². The number of halogens is 2. The van der Waals surface area contributed by atoms with E-state index in [1.54, 1.807) is 25.1 Å². The van der Waals surface area contributed by atoms with E-state index in [1.807, 2.05) is 45.0 Å². The molecule has 0 spiro atoms. The molecule has 1 N–H and O–H groups in total. The van der Waals surface area contributed by atoms with Gasteiger partial charge in [-0.25, -0.2) is 8.42 Å². The van der Waals surface area contributed by atoms with E-state index in [0.717, 1.165) is 15.4 Å². The lowest BCUT2D eigenvalue weighted by Crippen LogP contribution is -2.52. The third-order valence-electron chi connectivity index (χ3n) is 5.95. The van der Waals surface area contributed by atoms with Crippen molar-refractivity contribution < 1.29 is 18.0 Å². The number of hydrogen-bond donors (Lipinski definition) is 1. The van der Waals surface area contributed by atoms with Crippen molar-refractivity contribution in [1.29, 1.82) is 0 Å². The van der Waals surface area contributed by atoms with Gasteiger partial charge in [0.1, 0.15) is 12.6 Å². The highest BCUT2D eigenvalue weighted by Gasteiger charge is 2.33. The molecule has 3 rings (SSSR count). The number of rotatable bonds is 10. The summed E-state index contributed by atoms with van der Waals surface area (Å²) < 4.78 is 28.5. The number of amides is 2. The van der Waals surface area contributed by atoms with Gasteiger partial charge in [-0.15, -0.1) is 0 Å². The van der Waals surface area contributed by atoms with Gasteiger partial charge in [-0.05, 0) is 69.2 Å². The molecule has 202 valence electrons. The molecule has 0 aliphatic carbocycles. The first-order valence-electron chi connectivity index (χ1n) is 12.1. The van der Waals surface area contributed by atoms with Crippen LogP contribution in [0, 0.1) is 6.92 Å². The minimum atomic E-state index is -4.19. The molecule has 3 aromatic rings. The van der Waals surface area contributed by atoms with Gasteiger partial charge in [0.05, 0.1) is 10.6 Å². The lowest BCUT2D eigenvalue weighted by molar-refractivity contribution is -0.139. The van der Waals surface area contributed by atoms with Gasteiger partial charge < -0.3 is 10.2 Å². The third-order valence-corrected chi connectivity index (χ3v) is 8.17. The molecular weight excluding hydrogens is 545 g/mol. The maximum Gasteiger partial charge on any atom is 0.264 e. The molecule has 0 unspecified atom stereocenters. The van der Waals surface area contributed by atoms with Crippen LogP contribution in [0.3, 0.4) is 0 Å². The average Bonchev–Trinajstić information content (AvgIpc) is 2.85. The number of anilines is 1. The molecule has 7 nitrogen and oxygen atoms in total. The fourth-order valence-corrected chi connectivity index (χ4v) is 5.82. The summed E-state index contributed by atoms with van der Waals surface area (Å²) in [5, 5.41) is 3.27. The van der Waals surface area contributed by atoms with Crippen LogP contribution in [0.1, 0.15) is 31.9 Å². The van der Waals surface area contributed by atoms with Crippen molar-refractivity contribution in [3.63, 3.8) is 0 Å². The number of nitrogens with zero attached hydrogens (tertiary/aromatic N) is 2. The molecule has 10 heteroatoms. The van der Waals surface area contributed by atoms with Gasteiger partial charge in [0, 0.05) is 22.6 Å². The van der Waals surface area contributed by atoms with Crippen molar-refractivity contribution in [3.05, 3.63) is 94.0 Å². The Kier molecular flexibility index (Phi) is 9.82. The number of sulfonamides is 1. The fourth-order valence-electron chi connectivity index (χ4n) is 3.89. The number of benzene rings is 3. The number of nitrogens with one attached hydrogen (secondary N) is 1. The molecule has 2 amide bonds. The lowest BCUT2D eigenvalue weighted by Gasteiger charge is -2.32. The summed E-state index contributed by atoms with van der Waals surface area (Å²) in [7, 11) is -4.19. The smallest absolute Gasteiger partial charge is 0.264 e. The second-order valence-corrected chi connectivity index (χ2v) is 12.0. The first kappa shape index (κ1) is 29.5. The van der Waals surface area contributed by atoms with E-state index in [2.05, 4.69) is 5.32 Å². The molecule has 38 heavy (non-hydrogen) atoms. The average molecular weight is 577 g/mol. The Labute approximate surface area is 234 Å². The Hall–Kier alpha value is -3.07. The zero-order chi connectivity index (χ0) is 28.0. The van der Waals surface area contributed by atoms with Crippen molar-refractivity contribution in [1.82, 2.24) is 10.2 Å². The fraction of sp³-hybridized carbons (Fsp3) is 0.286.